The number of hydrogen-bond acceptors (Lipinski definition) is 3. The van der Waals surface area contributed by atoms with E-state index < -0.39 is 10.0 Å². The van der Waals surface area contributed by atoms with Crippen LogP contribution in [-0.2, 0) is 33.4 Å². The molecule has 1 aliphatic heterocycles. The Morgan fingerprint density at radius 3 is 2.10 bits per heavy atom. The molecule has 1 saturated heterocycles. The van der Waals surface area contributed by atoms with Gasteiger partial charge < -0.3 is 5.32 Å². The zero-order chi connectivity index (χ0) is 21.7. The summed E-state index contributed by atoms with van der Waals surface area (Å²) >= 11 is 0. The third-order valence-electron chi connectivity index (χ3n) is 6.06. The molecule has 0 aromatic heterocycles. The lowest BCUT2D eigenvalue weighted by Crippen LogP contribution is -2.42. The van der Waals surface area contributed by atoms with Crippen LogP contribution in [0.2, 0.25) is 0 Å². The van der Waals surface area contributed by atoms with E-state index in [9.17, 15) is 13.2 Å². The minimum atomic E-state index is -3.39. The Hall–Kier alpha value is -2.18. The highest BCUT2D eigenvalue weighted by Gasteiger charge is 2.31. The van der Waals surface area contributed by atoms with Crippen LogP contribution in [0.5, 0.6) is 0 Å². The van der Waals surface area contributed by atoms with Crippen molar-refractivity contribution in [2.45, 2.75) is 52.2 Å². The summed E-state index contributed by atoms with van der Waals surface area (Å²) in [5, 5.41) is 3.14. The number of amides is 1. The Morgan fingerprint density at radius 2 is 1.53 bits per heavy atom. The quantitative estimate of drug-likeness (QED) is 0.715. The number of anilines is 1. The monoisotopic (exact) mass is 428 g/mol. The molecule has 2 aromatic carbocycles. The van der Waals surface area contributed by atoms with Crippen LogP contribution in [0.15, 0.2) is 42.5 Å². The van der Waals surface area contributed by atoms with Gasteiger partial charge in [-0.1, -0.05) is 56.3 Å². The topological polar surface area (TPSA) is 66.5 Å². The minimum absolute atomic E-state index is 0.00144. The summed E-state index contributed by atoms with van der Waals surface area (Å²) in [4.78, 5) is 12.9. The molecule has 0 atom stereocenters. The lowest BCUT2D eigenvalue weighted by atomic mass is 9.96. The van der Waals surface area contributed by atoms with Gasteiger partial charge in [-0.25, -0.2) is 12.7 Å². The zero-order valence-corrected chi connectivity index (χ0v) is 19.0. The van der Waals surface area contributed by atoms with Gasteiger partial charge in [0.05, 0.1) is 5.75 Å². The summed E-state index contributed by atoms with van der Waals surface area (Å²) < 4.78 is 27.3. The van der Waals surface area contributed by atoms with Gasteiger partial charge in [0.1, 0.15) is 0 Å². The van der Waals surface area contributed by atoms with Crippen LogP contribution in [-0.4, -0.2) is 31.7 Å². The first-order valence-electron chi connectivity index (χ1n) is 10.8. The van der Waals surface area contributed by atoms with Crippen molar-refractivity contribution in [3.63, 3.8) is 0 Å². The lowest BCUT2D eigenvalue weighted by molar-refractivity contribution is -0.120. The lowest BCUT2D eigenvalue weighted by Gasteiger charge is -2.31. The Bertz CT molecular complexity index is 971. The van der Waals surface area contributed by atoms with Crippen LogP contribution in [0, 0.1) is 12.8 Å². The molecule has 5 nitrogen and oxygen atoms in total. The third-order valence-corrected chi connectivity index (χ3v) is 7.89. The summed E-state index contributed by atoms with van der Waals surface area (Å²) in [6, 6.07) is 13.7. The first kappa shape index (κ1) is 22.5. The van der Waals surface area contributed by atoms with Gasteiger partial charge in [-0.3, -0.25) is 4.79 Å². The van der Waals surface area contributed by atoms with Crippen molar-refractivity contribution in [1.29, 1.82) is 0 Å². The van der Waals surface area contributed by atoms with E-state index in [1.807, 2.05) is 37.3 Å². The average molecular weight is 429 g/mol. The summed E-state index contributed by atoms with van der Waals surface area (Å²) in [6.07, 6.45) is 2.82. The second-order valence-corrected chi connectivity index (χ2v) is 9.97. The summed E-state index contributed by atoms with van der Waals surface area (Å²) in [7, 11) is -3.39. The van der Waals surface area contributed by atoms with Crippen molar-refractivity contribution in [2.75, 3.05) is 18.4 Å². The summed E-state index contributed by atoms with van der Waals surface area (Å²) in [5.41, 5.74) is 5.03. The molecule has 30 heavy (non-hydrogen) atoms. The number of sulfonamides is 1. The standard InChI is InChI=1S/C24H32N2O3S/c1-4-19-11-8-12-20(5-2)23(19)25-24(27)21-13-15-26(16-14-21)30(28,29)17-22-10-7-6-9-18(22)3/h6-12,21H,4-5,13-17H2,1-3H3,(H,25,27). The second-order valence-electron chi connectivity index (χ2n) is 8.00. The van der Waals surface area contributed by atoms with Gasteiger partial charge in [-0.15, -0.1) is 0 Å². The molecule has 0 spiro atoms. The number of nitrogens with one attached hydrogen (secondary N) is 1. The fraction of sp³-hybridized carbons (Fsp3) is 0.458. The number of nitrogens with zero attached hydrogens (tertiary/aromatic N) is 1. The summed E-state index contributed by atoms with van der Waals surface area (Å²) in [6.45, 7) is 6.88. The van der Waals surface area contributed by atoms with Crippen LogP contribution < -0.4 is 5.32 Å². The van der Waals surface area contributed by atoms with Gasteiger partial charge in [-0.05, 0) is 54.9 Å². The molecule has 0 unspecified atom stereocenters. The van der Waals surface area contributed by atoms with E-state index in [1.54, 1.807) is 4.31 Å². The Balaban J connectivity index is 1.63. The molecule has 1 fully saturated rings. The molecule has 1 aliphatic rings. The minimum Gasteiger partial charge on any atom is -0.325 e. The highest BCUT2D eigenvalue weighted by atomic mass is 32.2. The normalized spacial score (nSPS) is 15.8. The van der Waals surface area contributed by atoms with Crippen molar-refractivity contribution >= 4 is 21.6 Å². The Labute approximate surface area is 180 Å². The molecule has 2 aromatic rings. The van der Waals surface area contributed by atoms with Crippen molar-refractivity contribution in [2.24, 2.45) is 5.92 Å². The Morgan fingerprint density at radius 1 is 0.967 bits per heavy atom. The number of rotatable bonds is 7. The Kier molecular flexibility index (Phi) is 7.32. The molecule has 1 heterocycles. The van der Waals surface area contributed by atoms with Crippen LogP contribution in [0.4, 0.5) is 5.69 Å². The molecule has 0 radical (unpaired) electrons. The van der Waals surface area contributed by atoms with E-state index in [0.29, 0.717) is 25.9 Å². The van der Waals surface area contributed by atoms with E-state index >= 15 is 0 Å². The van der Waals surface area contributed by atoms with Crippen LogP contribution in [0.25, 0.3) is 0 Å². The molecule has 162 valence electrons. The van der Waals surface area contributed by atoms with E-state index in [4.69, 9.17) is 0 Å². The number of piperidine rings is 1. The maximum absolute atomic E-state index is 12.9. The van der Waals surface area contributed by atoms with Crippen LogP contribution in [0.1, 0.15) is 48.9 Å². The van der Waals surface area contributed by atoms with Gasteiger partial charge in [0.25, 0.3) is 0 Å². The van der Waals surface area contributed by atoms with Gasteiger partial charge in [0, 0.05) is 24.7 Å². The molecule has 0 saturated carbocycles. The number of carbonyl (C=O) groups is 1. The molecule has 0 aliphatic carbocycles. The van der Waals surface area contributed by atoms with E-state index in [-0.39, 0.29) is 17.6 Å². The van der Waals surface area contributed by atoms with Gasteiger partial charge in [0.15, 0.2) is 0 Å². The molecule has 0 bridgehead atoms. The number of aryl methyl sites for hydroxylation is 3. The smallest absolute Gasteiger partial charge is 0.227 e. The molecule has 6 heteroatoms. The van der Waals surface area contributed by atoms with Crippen molar-refractivity contribution < 1.29 is 13.2 Å². The highest BCUT2D eigenvalue weighted by molar-refractivity contribution is 7.88. The fourth-order valence-corrected chi connectivity index (χ4v) is 5.75. The fourth-order valence-electron chi connectivity index (χ4n) is 4.08. The molecule has 1 amide bonds. The van der Waals surface area contributed by atoms with Gasteiger partial charge in [-0.2, -0.15) is 0 Å². The molecule has 3 rings (SSSR count). The van der Waals surface area contributed by atoms with Crippen molar-refractivity contribution in [3.05, 3.63) is 64.7 Å². The molecular weight excluding hydrogens is 396 g/mol. The highest BCUT2D eigenvalue weighted by Crippen LogP contribution is 2.27. The summed E-state index contributed by atoms with van der Waals surface area (Å²) in [5.74, 6) is -0.147. The second kappa shape index (κ2) is 9.75. The first-order chi connectivity index (χ1) is 14.4. The van der Waals surface area contributed by atoms with E-state index in [0.717, 1.165) is 40.8 Å². The van der Waals surface area contributed by atoms with Gasteiger partial charge >= 0.3 is 0 Å². The average Bonchev–Trinajstić information content (AvgIpc) is 2.75. The number of benzene rings is 2. The van der Waals surface area contributed by atoms with E-state index in [1.165, 1.54) is 0 Å². The van der Waals surface area contributed by atoms with E-state index in [2.05, 4.69) is 31.3 Å². The van der Waals surface area contributed by atoms with Crippen LogP contribution in [0.3, 0.4) is 0 Å². The number of para-hydroxylation sites is 1. The largest absolute Gasteiger partial charge is 0.325 e. The van der Waals surface area contributed by atoms with Crippen LogP contribution >= 0.6 is 0 Å². The maximum atomic E-state index is 12.9. The number of hydrogen-bond donors (Lipinski definition) is 1. The zero-order valence-electron chi connectivity index (χ0n) is 18.1. The van der Waals surface area contributed by atoms with Crippen molar-refractivity contribution in [1.82, 2.24) is 4.31 Å². The predicted octanol–water partition coefficient (Wildman–Crippen LogP) is 4.30. The molecule has 1 N–H and O–H groups in total. The number of carbonyl (C=O) groups excluding carboxylic acids is 1. The third kappa shape index (κ3) is 5.10. The van der Waals surface area contributed by atoms with Crippen molar-refractivity contribution in [3.8, 4) is 0 Å². The SMILES string of the molecule is CCc1cccc(CC)c1NC(=O)C1CCN(S(=O)(=O)Cc2ccccc2C)CC1. The molecular formula is C24H32N2O3S. The first-order valence-corrected chi connectivity index (χ1v) is 12.4. The van der Waals surface area contributed by atoms with Gasteiger partial charge in [0.2, 0.25) is 15.9 Å². The predicted molar refractivity (Wildman–Crippen MR) is 122 cm³/mol. The maximum Gasteiger partial charge on any atom is 0.227 e.